The summed E-state index contributed by atoms with van der Waals surface area (Å²) < 4.78 is 44.6. The van der Waals surface area contributed by atoms with Gasteiger partial charge in [-0.05, 0) is 73.0 Å². The first-order valence-corrected chi connectivity index (χ1v) is 13.2. The van der Waals surface area contributed by atoms with Crippen molar-refractivity contribution in [2.45, 2.75) is 57.7 Å². The monoisotopic (exact) mass is 561 g/mol. The van der Waals surface area contributed by atoms with Crippen LogP contribution in [0.25, 0.3) is 11.1 Å². The molecule has 0 bridgehead atoms. The summed E-state index contributed by atoms with van der Waals surface area (Å²) in [6, 6.07) is 17.0. The number of unbranched alkanes of at least 4 members (excludes halogenated alkanes) is 1. The van der Waals surface area contributed by atoms with Gasteiger partial charge in [0, 0.05) is 29.7 Å². The fourth-order valence-electron chi connectivity index (χ4n) is 4.04. The van der Waals surface area contributed by atoms with E-state index in [-0.39, 0.29) is 24.7 Å². The molecule has 0 aromatic heterocycles. The van der Waals surface area contributed by atoms with E-state index in [9.17, 15) is 22.8 Å². The molecular formula is C30H31ClF3NO4. The number of hydrogen-bond donors (Lipinski definition) is 2. The summed E-state index contributed by atoms with van der Waals surface area (Å²) in [6.07, 6.45) is -1.10. The number of carboxylic acids is 1. The predicted molar refractivity (Wildman–Crippen MR) is 147 cm³/mol. The zero-order valence-corrected chi connectivity index (χ0v) is 22.3. The number of anilines is 1. The molecule has 0 aliphatic heterocycles. The lowest BCUT2D eigenvalue weighted by Gasteiger charge is -2.21. The lowest BCUT2D eigenvalue weighted by molar-refractivity contribution is -0.138. The minimum atomic E-state index is -4.40. The molecular weight excluding hydrogens is 531 g/mol. The number of carboxylic acid groups (broad SMARTS) is 1. The van der Waals surface area contributed by atoms with E-state index in [1.54, 1.807) is 30.3 Å². The van der Waals surface area contributed by atoms with Crippen LogP contribution in [0.3, 0.4) is 0 Å². The molecule has 0 heterocycles. The second-order valence-corrected chi connectivity index (χ2v) is 9.67. The van der Waals surface area contributed by atoms with Gasteiger partial charge in [0.15, 0.2) is 5.78 Å². The normalized spacial score (nSPS) is 12.1. The summed E-state index contributed by atoms with van der Waals surface area (Å²) in [5.74, 6) is -0.466. The molecule has 3 rings (SSSR count). The molecule has 0 fully saturated rings. The summed E-state index contributed by atoms with van der Waals surface area (Å²) in [7, 11) is 0. The van der Waals surface area contributed by atoms with Crippen LogP contribution in [0.5, 0.6) is 5.75 Å². The Morgan fingerprint density at radius 2 is 1.67 bits per heavy atom. The van der Waals surface area contributed by atoms with E-state index < -0.39 is 17.7 Å². The third-order valence-corrected chi connectivity index (χ3v) is 6.51. The van der Waals surface area contributed by atoms with Gasteiger partial charge in [-0.2, -0.15) is 13.2 Å². The topological polar surface area (TPSA) is 75.6 Å². The Morgan fingerprint density at radius 3 is 2.26 bits per heavy atom. The van der Waals surface area contributed by atoms with Crippen LogP contribution in [0.4, 0.5) is 18.9 Å². The highest BCUT2D eigenvalue weighted by Gasteiger charge is 2.30. The molecule has 0 unspecified atom stereocenters. The van der Waals surface area contributed by atoms with Gasteiger partial charge in [0.2, 0.25) is 0 Å². The van der Waals surface area contributed by atoms with Gasteiger partial charge in [-0.3, -0.25) is 9.59 Å². The molecule has 0 spiro atoms. The van der Waals surface area contributed by atoms with Gasteiger partial charge in [-0.25, -0.2) is 0 Å². The fraction of sp³-hybridized carbons (Fsp3) is 0.333. The van der Waals surface area contributed by atoms with Crippen molar-refractivity contribution in [2.75, 3.05) is 11.9 Å². The van der Waals surface area contributed by atoms with Crippen molar-refractivity contribution >= 4 is 29.0 Å². The lowest BCUT2D eigenvalue weighted by Crippen LogP contribution is -2.27. The van der Waals surface area contributed by atoms with E-state index in [0.717, 1.165) is 37.1 Å². The zero-order chi connectivity index (χ0) is 28.4. The van der Waals surface area contributed by atoms with Crippen LogP contribution in [0.2, 0.25) is 5.02 Å². The largest absolute Gasteiger partial charge is 0.491 e. The summed E-state index contributed by atoms with van der Waals surface area (Å²) in [5.41, 5.74) is 1.83. The molecule has 0 amide bonds. The number of ketones is 1. The maximum atomic E-state index is 12.9. The minimum Gasteiger partial charge on any atom is -0.491 e. The number of ether oxygens (including phenoxy) is 1. The summed E-state index contributed by atoms with van der Waals surface area (Å²) in [4.78, 5) is 22.9. The van der Waals surface area contributed by atoms with E-state index in [0.29, 0.717) is 40.5 Å². The molecule has 0 aliphatic rings. The molecule has 2 N–H and O–H groups in total. The number of nitrogens with one attached hydrogen (secondary N) is 1. The lowest BCUT2D eigenvalue weighted by atomic mass is 10.0. The second-order valence-electron chi connectivity index (χ2n) is 9.26. The Balaban J connectivity index is 1.61. The molecule has 5 nitrogen and oxygen atoms in total. The molecule has 1 atom stereocenters. The maximum Gasteiger partial charge on any atom is 0.416 e. The maximum absolute atomic E-state index is 12.9. The summed E-state index contributed by atoms with van der Waals surface area (Å²) >= 11 is 6.44. The van der Waals surface area contributed by atoms with Crippen LogP contribution >= 0.6 is 11.6 Å². The third kappa shape index (κ3) is 9.32. The molecule has 0 saturated carbocycles. The van der Waals surface area contributed by atoms with E-state index >= 15 is 0 Å². The van der Waals surface area contributed by atoms with Gasteiger partial charge < -0.3 is 15.2 Å². The third-order valence-electron chi connectivity index (χ3n) is 6.19. The Bertz CT molecular complexity index is 1240. The number of halogens is 4. The second kappa shape index (κ2) is 14.0. The molecule has 3 aromatic carbocycles. The minimum absolute atomic E-state index is 0.0181. The summed E-state index contributed by atoms with van der Waals surface area (Å²) in [5, 5.41) is 12.5. The SMILES string of the molecule is CCCC[C@@H](COc1ccc(-c2ccc(C(F)(F)F)cc2)c(Cl)c1)Nc1ccc(C(=O)CCCC(=O)O)cc1. The van der Waals surface area contributed by atoms with Crippen molar-refractivity contribution in [3.8, 4) is 16.9 Å². The van der Waals surface area contributed by atoms with E-state index in [2.05, 4.69) is 12.2 Å². The number of carbonyl (C=O) groups excluding carboxylic acids is 1. The van der Waals surface area contributed by atoms with Gasteiger partial charge in [0.1, 0.15) is 12.4 Å². The molecule has 0 saturated heterocycles. The Morgan fingerprint density at radius 1 is 0.974 bits per heavy atom. The van der Waals surface area contributed by atoms with Crippen LogP contribution in [0, 0.1) is 0 Å². The van der Waals surface area contributed by atoms with Crippen molar-refractivity contribution in [1.82, 2.24) is 0 Å². The number of benzene rings is 3. The number of aliphatic carboxylic acids is 1. The molecule has 3 aromatic rings. The fourth-order valence-corrected chi connectivity index (χ4v) is 4.32. The predicted octanol–water partition coefficient (Wildman–Crippen LogP) is 8.51. The number of Topliss-reactive ketones (excluding diaryl/α,β-unsaturated/α-hetero) is 1. The summed E-state index contributed by atoms with van der Waals surface area (Å²) in [6.45, 7) is 2.45. The number of alkyl halides is 3. The molecule has 0 aliphatic carbocycles. The first kappa shape index (κ1) is 30.0. The van der Waals surface area contributed by atoms with Crippen LogP contribution in [0.1, 0.15) is 61.4 Å². The van der Waals surface area contributed by atoms with Gasteiger partial charge >= 0.3 is 12.1 Å². The highest BCUT2D eigenvalue weighted by atomic mass is 35.5. The Hall–Kier alpha value is -3.52. The molecule has 39 heavy (non-hydrogen) atoms. The molecule has 0 radical (unpaired) electrons. The Kier molecular flexibility index (Phi) is 10.8. The van der Waals surface area contributed by atoms with Crippen LogP contribution in [-0.2, 0) is 11.0 Å². The highest BCUT2D eigenvalue weighted by molar-refractivity contribution is 6.33. The molecule has 9 heteroatoms. The van der Waals surface area contributed by atoms with Crippen molar-refractivity contribution in [2.24, 2.45) is 0 Å². The van der Waals surface area contributed by atoms with Gasteiger partial charge in [0.25, 0.3) is 0 Å². The first-order valence-electron chi connectivity index (χ1n) is 12.8. The average Bonchev–Trinajstić information content (AvgIpc) is 2.90. The van der Waals surface area contributed by atoms with Crippen molar-refractivity contribution in [1.29, 1.82) is 0 Å². The smallest absolute Gasteiger partial charge is 0.416 e. The van der Waals surface area contributed by atoms with Crippen molar-refractivity contribution in [3.63, 3.8) is 0 Å². The number of rotatable bonds is 14. The number of hydrogen-bond acceptors (Lipinski definition) is 4. The van der Waals surface area contributed by atoms with E-state index in [1.807, 2.05) is 12.1 Å². The van der Waals surface area contributed by atoms with Crippen LogP contribution < -0.4 is 10.1 Å². The van der Waals surface area contributed by atoms with Crippen LogP contribution in [-0.4, -0.2) is 29.5 Å². The van der Waals surface area contributed by atoms with Gasteiger partial charge in [-0.15, -0.1) is 0 Å². The average molecular weight is 562 g/mol. The van der Waals surface area contributed by atoms with Crippen LogP contribution in [0.15, 0.2) is 66.7 Å². The standard InChI is InChI=1S/C30H31ClF3NO4/c1-2-3-5-24(35-23-14-10-21(11-15-23)28(36)6-4-7-29(37)38)19-39-25-16-17-26(27(31)18-25)20-8-12-22(13-9-20)30(32,33)34/h8-18,24,35H,2-7,19H2,1H3,(H,37,38)/t24-/m0/s1. The van der Waals surface area contributed by atoms with Gasteiger partial charge in [0.05, 0.1) is 16.6 Å². The van der Waals surface area contributed by atoms with E-state index in [1.165, 1.54) is 12.1 Å². The molecule has 208 valence electrons. The first-order chi connectivity index (χ1) is 18.6. The number of carbonyl (C=O) groups is 2. The Labute approximate surface area is 231 Å². The van der Waals surface area contributed by atoms with E-state index in [4.69, 9.17) is 21.4 Å². The van der Waals surface area contributed by atoms with Crippen molar-refractivity contribution < 1.29 is 32.6 Å². The zero-order valence-electron chi connectivity index (χ0n) is 21.6. The highest BCUT2D eigenvalue weighted by Crippen LogP contribution is 2.34. The quantitative estimate of drug-likeness (QED) is 0.193. The van der Waals surface area contributed by atoms with Crippen molar-refractivity contribution in [3.05, 3.63) is 82.9 Å². The van der Waals surface area contributed by atoms with Gasteiger partial charge in [-0.1, -0.05) is 43.5 Å².